The summed E-state index contributed by atoms with van der Waals surface area (Å²) in [6, 6.07) is 0. The van der Waals surface area contributed by atoms with Crippen molar-refractivity contribution in [1.82, 2.24) is 0 Å². The molecule has 2 aliphatic rings. The zero-order valence-corrected chi connectivity index (χ0v) is 40.3. The van der Waals surface area contributed by atoms with E-state index in [1.54, 1.807) is 0 Å². The van der Waals surface area contributed by atoms with Crippen molar-refractivity contribution in [3.8, 4) is 0 Å². The third kappa shape index (κ3) is 28.2. The topological polar surface area (TPSA) is 222 Å². The van der Waals surface area contributed by atoms with Crippen LogP contribution in [0.3, 0.4) is 0 Å². The highest BCUT2D eigenvalue weighted by atomic mass is 31.2. The number of allylic oxidation sites excluding steroid dienone is 14. The van der Waals surface area contributed by atoms with Crippen LogP contribution in [-0.2, 0) is 37.4 Å². The second-order valence-electron chi connectivity index (χ2n) is 16.6. The number of aliphatic hydroxyl groups excluding tert-OH is 5. The molecule has 15 heteroatoms. The van der Waals surface area contributed by atoms with Gasteiger partial charge in [-0.2, -0.15) is 0 Å². The Morgan fingerprint density at radius 3 is 1.47 bits per heavy atom. The Bertz CT molecular complexity index is 1590. The molecule has 2 fully saturated rings. The van der Waals surface area contributed by atoms with Gasteiger partial charge >= 0.3 is 19.8 Å². The van der Waals surface area contributed by atoms with Gasteiger partial charge in [-0.05, 0) is 89.9 Å². The largest absolute Gasteiger partial charge is 0.472 e. The van der Waals surface area contributed by atoms with Crippen LogP contribution >= 0.6 is 7.82 Å². The standard InChI is InChI=1S/C51H81O14P/c1-3-5-7-9-11-12-13-14-15-16-17-18-19-20-21-22-25-30-34-38-45(53)63-41(40-62-66(59,60)65-51-49(57)47(55)46(54)48(56)50(51)58)39-61-44(52)37-33-29-26-23-24-28-32-36-43-42(64-43)35-31-27-10-8-6-4-2/h11-12,14-15,17-18,20-21,23,25-28,30-32,41-43,46-51,54-58H,3-10,13,16,19,22,24,29,33-40H2,1-2H3,(H,59,60)/b12-11-,15-14-,18-17-,21-20-,26-23-,30-25-,31-27-,32-28-/t41-,42?,43?,46?,47-,48+,49-,50-,51?/m1/s1. The molecule has 0 radical (unpaired) electrons. The number of epoxide rings is 1. The number of rotatable bonds is 37. The Hall–Kier alpha value is -3.27. The molecule has 6 N–H and O–H groups in total. The second-order valence-corrected chi connectivity index (χ2v) is 18.0. The van der Waals surface area contributed by atoms with Crippen LogP contribution in [0.15, 0.2) is 97.2 Å². The minimum atomic E-state index is -5.16. The predicted molar refractivity (Wildman–Crippen MR) is 257 cm³/mol. The fourth-order valence-electron chi connectivity index (χ4n) is 6.77. The Labute approximate surface area is 394 Å². The maximum atomic E-state index is 12.8. The zero-order chi connectivity index (χ0) is 48.3. The summed E-state index contributed by atoms with van der Waals surface area (Å²) in [6.45, 7) is 3.11. The first kappa shape index (κ1) is 58.9. The summed E-state index contributed by atoms with van der Waals surface area (Å²) in [7, 11) is -5.16. The minimum absolute atomic E-state index is 0.0470. The Morgan fingerprint density at radius 2 is 0.955 bits per heavy atom. The van der Waals surface area contributed by atoms with Gasteiger partial charge < -0.3 is 44.6 Å². The quantitative estimate of drug-likeness (QED) is 0.0113. The lowest BCUT2D eigenvalue weighted by Gasteiger charge is -2.41. The lowest BCUT2D eigenvalue weighted by Crippen LogP contribution is -2.64. The molecule has 1 saturated carbocycles. The predicted octanol–water partition coefficient (Wildman–Crippen LogP) is 8.82. The van der Waals surface area contributed by atoms with Crippen LogP contribution in [0.5, 0.6) is 0 Å². The van der Waals surface area contributed by atoms with Crippen molar-refractivity contribution in [2.75, 3.05) is 13.2 Å². The highest BCUT2D eigenvalue weighted by Crippen LogP contribution is 2.47. The number of carbonyl (C=O) groups excluding carboxylic acids is 2. The number of aliphatic hydroxyl groups is 5. The van der Waals surface area contributed by atoms with Crippen LogP contribution in [0.25, 0.3) is 0 Å². The molecule has 5 unspecified atom stereocenters. The van der Waals surface area contributed by atoms with E-state index in [2.05, 4.69) is 80.7 Å². The van der Waals surface area contributed by atoms with E-state index >= 15 is 0 Å². The molecular weight excluding hydrogens is 868 g/mol. The molecule has 0 aromatic heterocycles. The van der Waals surface area contributed by atoms with Crippen LogP contribution in [0.1, 0.15) is 142 Å². The first-order chi connectivity index (χ1) is 31.9. The molecule has 0 bridgehead atoms. The van der Waals surface area contributed by atoms with Gasteiger partial charge in [0.25, 0.3) is 0 Å². The van der Waals surface area contributed by atoms with Crippen molar-refractivity contribution >= 4 is 19.8 Å². The molecule has 1 heterocycles. The van der Waals surface area contributed by atoms with E-state index in [0.717, 1.165) is 51.4 Å². The molecular formula is C51H81O14P. The van der Waals surface area contributed by atoms with Gasteiger partial charge in [0.1, 0.15) is 43.2 Å². The van der Waals surface area contributed by atoms with E-state index in [9.17, 15) is 44.6 Å². The van der Waals surface area contributed by atoms with Gasteiger partial charge in [-0.3, -0.25) is 18.6 Å². The maximum absolute atomic E-state index is 12.8. The van der Waals surface area contributed by atoms with Crippen LogP contribution in [-0.4, -0.2) is 111 Å². The summed E-state index contributed by atoms with van der Waals surface area (Å²) < 4.78 is 39.2. The van der Waals surface area contributed by atoms with Gasteiger partial charge in [-0.25, -0.2) is 4.57 Å². The van der Waals surface area contributed by atoms with Gasteiger partial charge in [0.05, 0.1) is 18.8 Å². The summed E-state index contributed by atoms with van der Waals surface area (Å²) in [5.41, 5.74) is 0. The number of hydrogen-bond acceptors (Lipinski definition) is 13. The molecule has 0 spiro atoms. The molecule has 374 valence electrons. The minimum Gasteiger partial charge on any atom is -0.462 e. The zero-order valence-electron chi connectivity index (χ0n) is 39.4. The van der Waals surface area contributed by atoms with E-state index in [1.165, 1.54) is 38.5 Å². The number of unbranched alkanes of at least 4 members (excludes halogenated alkanes) is 7. The Kier molecular flexibility index (Phi) is 32.8. The number of hydrogen-bond donors (Lipinski definition) is 6. The second kappa shape index (κ2) is 36.7. The fourth-order valence-corrected chi connectivity index (χ4v) is 7.75. The molecule has 14 nitrogen and oxygen atoms in total. The molecule has 1 aliphatic carbocycles. The van der Waals surface area contributed by atoms with Crippen molar-refractivity contribution in [2.45, 2.75) is 197 Å². The Morgan fingerprint density at radius 1 is 0.530 bits per heavy atom. The molecule has 0 aromatic carbocycles. The summed E-state index contributed by atoms with van der Waals surface area (Å²) in [5, 5.41) is 50.2. The van der Waals surface area contributed by atoms with Gasteiger partial charge in [-0.1, -0.05) is 137 Å². The first-order valence-electron chi connectivity index (χ1n) is 24.2. The van der Waals surface area contributed by atoms with E-state index < -0.39 is 75.7 Å². The summed E-state index contributed by atoms with van der Waals surface area (Å²) in [6.07, 6.45) is 37.9. The van der Waals surface area contributed by atoms with Crippen LogP contribution < -0.4 is 0 Å². The number of ether oxygens (including phenoxy) is 3. The Balaban J connectivity index is 1.76. The number of phosphoric ester groups is 1. The van der Waals surface area contributed by atoms with Crippen LogP contribution in [0, 0.1) is 0 Å². The normalized spacial score (nSPS) is 25.2. The number of phosphoric acid groups is 1. The van der Waals surface area contributed by atoms with Gasteiger partial charge in [-0.15, -0.1) is 0 Å². The van der Waals surface area contributed by atoms with Crippen molar-refractivity contribution < 1.29 is 67.8 Å². The highest BCUT2D eigenvalue weighted by molar-refractivity contribution is 7.47. The lowest BCUT2D eigenvalue weighted by molar-refractivity contribution is -0.220. The van der Waals surface area contributed by atoms with E-state index in [4.69, 9.17) is 23.3 Å². The number of carbonyl (C=O) groups is 2. The maximum Gasteiger partial charge on any atom is 0.472 e. The molecule has 10 atom stereocenters. The average Bonchev–Trinajstić information content (AvgIpc) is 4.06. The molecule has 0 amide bonds. The van der Waals surface area contributed by atoms with E-state index in [1.807, 2.05) is 30.4 Å². The van der Waals surface area contributed by atoms with Gasteiger partial charge in [0.2, 0.25) is 0 Å². The fraction of sp³-hybridized carbons (Fsp3) is 0.647. The third-order valence-corrected chi connectivity index (χ3v) is 11.8. The van der Waals surface area contributed by atoms with Crippen molar-refractivity contribution in [2.24, 2.45) is 0 Å². The van der Waals surface area contributed by atoms with Gasteiger partial charge in [0.15, 0.2) is 6.10 Å². The number of esters is 2. The highest BCUT2D eigenvalue weighted by Gasteiger charge is 2.51. The monoisotopic (exact) mass is 949 g/mol. The lowest BCUT2D eigenvalue weighted by atomic mass is 9.85. The molecule has 66 heavy (non-hydrogen) atoms. The SMILES string of the molecule is CCCCC/C=C\C/C=C\C/C=C\C/C=C\C/C=C\CCC(=O)O[C@H](COC(=O)CCC/C=C\C/C=C\CC1OC1C/C=C\CCCCC)COP(=O)(O)OC1[C@H](O)[C@H](O)C(O)[C@H](O)[C@H]1O. The van der Waals surface area contributed by atoms with Crippen molar-refractivity contribution in [3.05, 3.63) is 97.2 Å². The third-order valence-electron chi connectivity index (χ3n) is 10.8. The average molecular weight is 949 g/mol. The first-order valence-corrected chi connectivity index (χ1v) is 25.7. The molecule has 1 aliphatic heterocycles. The van der Waals surface area contributed by atoms with Crippen molar-refractivity contribution in [1.29, 1.82) is 0 Å². The molecule has 0 aromatic rings. The van der Waals surface area contributed by atoms with Crippen LogP contribution in [0.2, 0.25) is 0 Å². The summed E-state index contributed by atoms with van der Waals surface area (Å²) in [5.74, 6) is -1.28. The molecule has 1 saturated heterocycles. The smallest absolute Gasteiger partial charge is 0.462 e. The van der Waals surface area contributed by atoms with E-state index in [0.29, 0.717) is 31.8 Å². The summed E-state index contributed by atoms with van der Waals surface area (Å²) >= 11 is 0. The summed E-state index contributed by atoms with van der Waals surface area (Å²) in [4.78, 5) is 35.7. The van der Waals surface area contributed by atoms with E-state index in [-0.39, 0.29) is 18.9 Å². The van der Waals surface area contributed by atoms with Crippen molar-refractivity contribution in [3.63, 3.8) is 0 Å². The molecule has 2 rings (SSSR count). The van der Waals surface area contributed by atoms with Crippen LogP contribution in [0.4, 0.5) is 0 Å². The van der Waals surface area contributed by atoms with Gasteiger partial charge in [0, 0.05) is 12.8 Å².